The molecule has 29 heavy (non-hydrogen) atoms. The zero-order valence-electron chi connectivity index (χ0n) is 19.8. The summed E-state index contributed by atoms with van der Waals surface area (Å²) in [5.41, 5.74) is 0. The third-order valence-corrected chi connectivity index (χ3v) is 3.64. The average Bonchev–Trinajstić information content (AvgIpc) is 2.64. The van der Waals surface area contributed by atoms with Gasteiger partial charge < -0.3 is 14.5 Å². The summed E-state index contributed by atoms with van der Waals surface area (Å²) in [5.74, 6) is -0.920. The van der Waals surface area contributed by atoms with Gasteiger partial charge in [-0.3, -0.25) is 0 Å². The maximum atomic E-state index is 9.92. The van der Waals surface area contributed by atoms with Crippen LogP contribution in [0.1, 0.15) is 73.1 Å². The highest BCUT2D eigenvalue weighted by atomic mass is 32.2. The number of unbranched alkanes of at least 4 members (excludes halogenated alkanes) is 4. The first-order valence-electron chi connectivity index (χ1n) is 10.3. The van der Waals surface area contributed by atoms with Gasteiger partial charge in [-0.2, -0.15) is 10.1 Å². The lowest BCUT2D eigenvalue weighted by Gasteiger charge is -2.08. The van der Waals surface area contributed by atoms with Crippen LogP contribution in [0.25, 0.3) is 0 Å². The monoisotopic (exact) mass is 446 g/mol. The van der Waals surface area contributed by atoms with E-state index in [0.29, 0.717) is 6.26 Å². The van der Waals surface area contributed by atoms with Crippen molar-refractivity contribution < 1.29 is 42.7 Å². The van der Waals surface area contributed by atoms with Crippen LogP contribution in [-0.4, -0.2) is 65.6 Å². The van der Waals surface area contributed by atoms with Gasteiger partial charge in [-0.05, 0) is 40.5 Å². The van der Waals surface area contributed by atoms with Crippen molar-refractivity contribution in [2.75, 3.05) is 46.7 Å². The summed E-state index contributed by atoms with van der Waals surface area (Å²) in [6.07, 6.45) is 6.21. The molecule has 0 aliphatic heterocycles. The van der Waals surface area contributed by atoms with Gasteiger partial charge >= 0.3 is 0 Å². The van der Waals surface area contributed by atoms with Crippen molar-refractivity contribution in [3.8, 4) is 0 Å². The highest BCUT2D eigenvalue weighted by Gasteiger charge is 1.95. The molecule has 0 unspecified atom stereocenters. The fourth-order valence-corrected chi connectivity index (χ4v) is 1.95. The van der Waals surface area contributed by atoms with Crippen LogP contribution in [-0.2, 0) is 24.6 Å². The molecule has 9 nitrogen and oxygen atoms in total. The third-order valence-electron chi connectivity index (χ3n) is 3.64. The topological polar surface area (TPSA) is 125 Å². The highest BCUT2D eigenvalue weighted by molar-refractivity contribution is 7.84. The lowest BCUT2D eigenvalue weighted by Crippen LogP contribution is -3.10. The van der Waals surface area contributed by atoms with Gasteiger partial charge in [0.05, 0.1) is 24.3 Å². The molecule has 0 amide bonds. The normalized spacial score (nSPS) is 10.3. The van der Waals surface area contributed by atoms with Crippen molar-refractivity contribution in [2.24, 2.45) is 0 Å². The molecule has 0 saturated heterocycles. The molecule has 0 bridgehead atoms. The largest absolute Gasteiger partial charge is 0.748 e. The molecule has 0 heterocycles. The molecule has 0 atom stereocenters. The number of nitrogens with one attached hydrogen (secondary N) is 2. The van der Waals surface area contributed by atoms with Gasteiger partial charge in [-0.1, -0.05) is 32.6 Å². The second-order valence-corrected chi connectivity index (χ2v) is 7.55. The van der Waals surface area contributed by atoms with Crippen LogP contribution in [0.4, 0.5) is 0 Å². The second kappa shape index (κ2) is 27.2. The summed E-state index contributed by atoms with van der Waals surface area (Å²) in [7, 11) is -0.468. The van der Waals surface area contributed by atoms with Gasteiger partial charge in [0, 0.05) is 12.2 Å². The lowest BCUT2D eigenvalue weighted by molar-refractivity contribution is -1.08. The molecule has 0 aliphatic carbocycles. The van der Waals surface area contributed by atoms with E-state index in [1.807, 2.05) is 0 Å². The maximum Gasteiger partial charge on any atom is 0.104 e. The van der Waals surface area contributed by atoms with Crippen molar-refractivity contribution >= 4 is 16.1 Å². The molecule has 0 fully saturated rings. The lowest BCUT2D eigenvalue weighted by atomic mass is 10.1. The van der Waals surface area contributed by atoms with Crippen LogP contribution in [0.15, 0.2) is 0 Å². The van der Waals surface area contributed by atoms with Crippen molar-refractivity contribution in [3.05, 3.63) is 0 Å². The van der Waals surface area contributed by atoms with Gasteiger partial charge in [0.2, 0.25) is 0 Å². The number of carbonyl (C=O) groups is 1. The highest BCUT2D eigenvalue weighted by Crippen LogP contribution is 2.03. The number of hydrogen-bond acceptors (Lipinski definition) is 7. The number of quaternary nitrogens is 2. The first-order chi connectivity index (χ1) is 13.5. The van der Waals surface area contributed by atoms with Gasteiger partial charge in [-0.25, -0.2) is 18.1 Å². The zero-order valence-corrected chi connectivity index (χ0v) is 20.7. The summed E-state index contributed by atoms with van der Waals surface area (Å²) in [5, 5.41) is 12.3. The first kappa shape index (κ1) is 35.6. The van der Waals surface area contributed by atoms with Crippen LogP contribution < -0.4 is 15.2 Å². The summed E-state index contributed by atoms with van der Waals surface area (Å²) < 4.78 is 27.2. The van der Waals surface area contributed by atoms with E-state index >= 15 is 0 Å². The Balaban J connectivity index is -0.000000148. The Hall–Kier alpha value is -0.780. The molecule has 0 rings (SSSR count). The van der Waals surface area contributed by atoms with E-state index in [2.05, 4.69) is 34.6 Å². The minimum Gasteiger partial charge on any atom is -0.748 e. The molecule has 180 valence electrons. The molecule has 2 N–H and O–H groups in total. The average molecular weight is 447 g/mol. The van der Waals surface area contributed by atoms with Crippen molar-refractivity contribution in [3.63, 3.8) is 0 Å². The Morgan fingerprint density at radius 3 is 1.28 bits per heavy atom. The van der Waals surface area contributed by atoms with E-state index in [4.69, 9.17) is 22.6 Å². The van der Waals surface area contributed by atoms with E-state index in [1.54, 1.807) is 14.2 Å². The smallest absolute Gasteiger partial charge is 0.104 e. The fourth-order valence-electron chi connectivity index (χ4n) is 1.95. The van der Waals surface area contributed by atoms with Crippen LogP contribution in [0.3, 0.4) is 0 Å². The minimum atomic E-state index is -3.92. The van der Waals surface area contributed by atoms with Crippen LogP contribution in [0.2, 0.25) is 0 Å². The Bertz CT molecular complexity index is 382. The second-order valence-electron chi connectivity index (χ2n) is 6.14. The van der Waals surface area contributed by atoms with E-state index in [9.17, 15) is 9.90 Å². The summed E-state index contributed by atoms with van der Waals surface area (Å²) in [6.45, 7) is 14.7. The molecule has 0 radical (unpaired) electrons. The van der Waals surface area contributed by atoms with Crippen LogP contribution in [0, 0.1) is 0 Å². The number of hydrogen-bond donors (Lipinski definition) is 2. The number of rotatable bonds is 12. The zero-order chi connectivity index (χ0) is 23.7. The van der Waals surface area contributed by atoms with Crippen LogP contribution in [0.5, 0.6) is 0 Å². The summed E-state index contributed by atoms with van der Waals surface area (Å²) in [6, 6.07) is 0. The van der Waals surface area contributed by atoms with E-state index in [1.165, 1.54) is 23.0 Å². The molecule has 0 aromatic rings. The fraction of sp³-hybridized carbons (Fsp3) is 0.947. The standard InChI is InChI=1S/C8H16O2.2C5H13NO.CH4O3S/c1-2-3-4-5-6-7-8(9)10;2*1-4-6(5-2)7-3;1-5(2,3)4/h2-7H2,1H3,(H,9,10);2*4-5H2,1-3H3;1H3,(H,2,3,4). The molecular weight excluding hydrogens is 400 g/mol. The number of carboxylic acid groups (broad SMARTS) is 1. The Kier molecular flexibility index (Phi) is 33.5. The minimum absolute atomic E-state index is 0.226. The third kappa shape index (κ3) is 52.2. The Labute approximate surface area is 179 Å². The number of aliphatic carboxylic acids is 1. The van der Waals surface area contributed by atoms with E-state index < -0.39 is 16.1 Å². The van der Waals surface area contributed by atoms with Crippen molar-refractivity contribution in [1.82, 2.24) is 0 Å². The maximum absolute atomic E-state index is 9.92. The Morgan fingerprint density at radius 1 is 0.793 bits per heavy atom. The molecule has 10 heteroatoms. The van der Waals surface area contributed by atoms with Gasteiger partial charge in [0.15, 0.2) is 0 Å². The number of carbonyl (C=O) groups excluding carboxylic acids is 1. The van der Waals surface area contributed by atoms with E-state index in [0.717, 1.165) is 45.4 Å². The van der Waals surface area contributed by atoms with Gasteiger partial charge in [-0.15, -0.1) is 0 Å². The van der Waals surface area contributed by atoms with E-state index in [-0.39, 0.29) is 6.42 Å². The van der Waals surface area contributed by atoms with Crippen molar-refractivity contribution in [1.29, 1.82) is 0 Å². The molecular formula is C19H46N2O7S. The van der Waals surface area contributed by atoms with Crippen LogP contribution >= 0.6 is 0 Å². The predicted octanol–water partition coefficient (Wildman–Crippen LogP) is -0.797. The Morgan fingerprint density at radius 2 is 1.10 bits per heavy atom. The molecule has 0 spiro atoms. The predicted molar refractivity (Wildman–Crippen MR) is 112 cm³/mol. The SMILES string of the molecule is CCCCCCCC(=O)[O-].CC[NH+](CC)OC.CC[NH+](CC)OC.CS(=O)(=O)[O-]. The molecule has 0 saturated carbocycles. The molecule has 0 aromatic carbocycles. The molecule has 0 aromatic heterocycles. The van der Waals surface area contributed by atoms with Gasteiger partial charge in [0.1, 0.15) is 26.2 Å². The van der Waals surface area contributed by atoms with Crippen molar-refractivity contribution in [2.45, 2.75) is 73.1 Å². The number of carboxylic acids is 1. The molecule has 0 aliphatic rings. The van der Waals surface area contributed by atoms with Gasteiger partial charge in [0.25, 0.3) is 0 Å². The summed E-state index contributed by atoms with van der Waals surface area (Å²) >= 11 is 0. The first-order valence-corrected chi connectivity index (χ1v) is 12.2. The quantitative estimate of drug-likeness (QED) is 0.228. The number of hydroxylamine groups is 4. The summed E-state index contributed by atoms with van der Waals surface area (Å²) in [4.78, 5) is 19.9.